The van der Waals surface area contributed by atoms with Gasteiger partial charge in [0.05, 0.1) is 0 Å². The molecule has 2 nitrogen and oxygen atoms in total. The Labute approximate surface area is 170 Å². The third kappa shape index (κ3) is 5.95. The predicted molar refractivity (Wildman–Crippen MR) is 120 cm³/mol. The van der Waals surface area contributed by atoms with Crippen molar-refractivity contribution >= 4 is 11.4 Å². The number of benzene rings is 2. The smallest absolute Gasteiger partial charge is 0.129 e. The molecule has 0 aromatic heterocycles. The predicted octanol–water partition coefficient (Wildman–Crippen LogP) is 5.91. The Balaban J connectivity index is 0.00000300. The highest BCUT2D eigenvalue weighted by molar-refractivity contribution is 5.75. The van der Waals surface area contributed by atoms with Crippen LogP contribution in [0.15, 0.2) is 66.9 Å². The average molecular weight is 376 g/mol. The number of Topliss-reactive ketones (excluding diaryl/α,β-unsaturated/α-hetero) is 1. The molecular formula is C26H33NO. The molecule has 0 bridgehead atoms. The van der Waals surface area contributed by atoms with Crippen molar-refractivity contribution in [2.24, 2.45) is 0 Å². The topological polar surface area (TPSA) is 29.1 Å². The summed E-state index contributed by atoms with van der Waals surface area (Å²) in [5.74, 6) is 0.253. The van der Waals surface area contributed by atoms with E-state index in [4.69, 9.17) is 0 Å². The molecule has 3 rings (SSSR count). The van der Waals surface area contributed by atoms with Gasteiger partial charge in [-0.25, -0.2) is 0 Å². The van der Waals surface area contributed by atoms with Gasteiger partial charge in [-0.05, 0) is 73.3 Å². The summed E-state index contributed by atoms with van der Waals surface area (Å²) in [6.45, 7) is 6.63. The maximum atomic E-state index is 11.0. The summed E-state index contributed by atoms with van der Waals surface area (Å²) < 4.78 is 0. The molecule has 0 radical (unpaired) electrons. The van der Waals surface area contributed by atoms with Crippen molar-refractivity contribution in [2.75, 3.05) is 6.54 Å². The van der Waals surface area contributed by atoms with E-state index in [1.54, 1.807) is 6.92 Å². The number of carbonyl (C=O) groups is 1. The molecule has 1 aliphatic rings. The van der Waals surface area contributed by atoms with Crippen LogP contribution in [0.25, 0.3) is 5.57 Å². The van der Waals surface area contributed by atoms with Gasteiger partial charge < -0.3 is 10.1 Å². The standard InChI is InChI=1S/C26H31NO.H2/c1-20(7-6-8-21(2)28)27-18-17-25-16-15-24-14-13-23(19-26(24)25)12-11-22-9-4-3-5-10-22;/h3-5,9-10,13-14,16,19,27H,1,6-8,11-12,15,17-18H2,2H3;1H. The summed E-state index contributed by atoms with van der Waals surface area (Å²) in [6.07, 6.45) is 8.99. The first-order valence-corrected chi connectivity index (χ1v) is 10.4. The quantitative estimate of drug-likeness (QED) is 0.529. The monoisotopic (exact) mass is 375 g/mol. The van der Waals surface area contributed by atoms with Crippen LogP contribution in [0.4, 0.5) is 0 Å². The van der Waals surface area contributed by atoms with Crippen LogP contribution in [0.1, 0.15) is 56.3 Å². The molecule has 2 aromatic carbocycles. The number of hydrogen-bond acceptors (Lipinski definition) is 2. The lowest BCUT2D eigenvalue weighted by atomic mass is 9.97. The van der Waals surface area contributed by atoms with Crippen LogP contribution >= 0.6 is 0 Å². The minimum Gasteiger partial charge on any atom is -0.388 e. The highest BCUT2D eigenvalue weighted by atomic mass is 16.1. The second-order valence-electron chi connectivity index (χ2n) is 7.75. The van der Waals surface area contributed by atoms with Gasteiger partial charge in [-0.2, -0.15) is 0 Å². The first kappa shape index (κ1) is 20.1. The van der Waals surface area contributed by atoms with Gasteiger partial charge >= 0.3 is 0 Å². The van der Waals surface area contributed by atoms with Crippen molar-refractivity contribution in [3.63, 3.8) is 0 Å². The lowest BCUT2D eigenvalue weighted by molar-refractivity contribution is -0.117. The number of hydrogen-bond donors (Lipinski definition) is 1. The second-order valence-corrected chi connectivity index (χ2v) is 7.75. The molecule has 0 heterocycles. The van der Waals surface area contributed by atoms with Crippen molar-refractivity contribution in [1.82, 2.24) is 5.32 Å². The van der Waals surface area contributed by atoms with E-state index in [1.165, 1.54) is 27.8 Å². The van der Waals surface area contributed by atoms with E-state index in [0.717, 1.165) is 50.8 Å². The molecule has 1 N–H and O–H groups in total. The van der Waals surface area contributed by atoms with Crippen LogP contribution in [-0.4, -0.2) is 12.3 Å². The molecule has 2 aromatic rings. The molecule has 0 fully saturated rings. The van der Waals surface area contributed by atoms with Crippen molar-refractivity contribution in [2.45, 2.75) is 51.9 Å². The molecular weight excluding hydrogens is 342 g/mol. The van der Waals surface area contributed by atoms with Gasteiger partial charge in [0.2, 0.25) is 0 Å². The normalized spacial score (nSPS) is 12.4. The Morgan fingerprint density at radius 2 is 1.82 bits per heavy atom. The fourth-order valence-electron chi connectivity index (χ4n) is 3.78. The number of allylic oxidation sites excluding steroid dienone is 2. The lowest BCUT2D eigenvalue weighted by Gasteiger charge is -2.12. The van der Waals surface area contributed by atoms with E-state index < -0.39 is 0 Å². The number of rotatable bonds is 11. The number of aryl methyl sites for hydroxylation is 2. The van der Waals surface area contributed by atoms with Gasteiger partial charge in [0, 0.05) is 20.1 Å². The molecule has 0 unspecified atom stereocenters. The Hall–Kier alpha value is -2.61. The Kier molecular flexibility index (Phi) is 7.25. The fraction of sp³-hybridized carbons (Fsp3) is 0.346. The molecule has 0 aliphatic heterocycles. The number of carbonyl (C=O) groups excluding carboxylic acids is 1. The van der Waals surface area contributed by atoms with Crippen LogP contribution in [0.2, 0.25) is 0 Å². The SMILES string of the molecule is C=C(CCCC(C)=O)NCCC1=CCc2ccc(CCc3ccccc3)cc21.[HH]. The second kappa shape index (κ2) is 10.1. The van der Waals surface area contributed by atoms with Gasteiger partial charge in [0.25, 0.3) is 0 Å². The van der Waals surface area contributed by atoms with Gasteiger partial charge in [-0.15, -0.1) is 0 Å². The first-order valence-electron chi connectivity index (χ1n) is 10.4. The summed E-state index contributed by atoms with van der Waals surface area (Å²) in [5, 5.41) is 3.43. The van der Waals surface area contributed by atoms with E-state index in [-0.39, 0.29) is 7.21 Å². The van der Waals surface area contributed by atoms with Gasteiger partial charge in [0.1, 0.15) is 5.78 Å². The minimum atomic E-state index is 0. The molecule has 28 heavy (non-hydrogen) atoms. The van der Waals surface area contributed by atoms with E-state index in [9.17, 15) is 4.79 Å². The fourth-order valence-corrected chi connectivity index (χ4v) is 3.78. The van der Waals surface area contributed by atoms with Crippen LogP contribution < -0.4 is 5.32 Å². The van der Waals surface area contributed by atoms with Crippen molar-refractivity contribution in [3.8, 4) is 0 Å². The van der Waals surface area contributed by atoms with E-state index in [1.807, 2.05) is 0 Å². The van der Waals surface area contributed by atoms with Gasteiger partial charge in [0.15, 0.2) is 0 Å². The molecule has 0 saturated carbocycles. The largest absolute Gasteiger partial charge is 0.388 e. The molecule has 0 amide bonds. The highest BCUT2D eigenvalue weighted by Gasteiger charge is 2.14. The zero-order valence-electron chi connectivity index (χ0n) is 17.0. The Bertz CT molecular complexity index is 854. The van der Waals surface area contributed by atoms with Gasteiger partial charge in [-0.3, -0.25) is 0 Å². The number of fused-ring (bicyclic) bond motifs is 1. The zero-order valence-corrected chi connectivity index (χ0v) is 17.0. The highest BCUT2D eigenvalue weighted by Crippen LogP contribution is 2.30. The zero-order chi connectivity index (χ0) is 19.8. The van der Waals surface area contributed by atoms with Crippen LogP contribution in [0.3, 0.4) is 0 Å². The average Bonchev–Trinajstić information content (AvgIpc) is 3.09. The summed E-state index contributed by atoms with van der Waals surface area (Å²) in [5.41, 5.74) is 8.16. The molecule has 0 spiro atoms. The molecule has 0 atom stereocenters. The van der Waals surface area contributed by atoms with Crippen LogP contribution in [0.5, 0.6) is 0 Å². The number of nitrogens with one attached hydrogen (secondary N) is 1. The maximum Gasteiger partial charge on any atom is 0.129 e. The van der Waals surface area contributed by atoms with Gasteiger partial charge in [-0.1, -0.05) is 61.2 Å². The van der Waals surface area contributed by atoms with Crippen molar-refractivity contribution < 1.29 is 6.22 Å². The van der Waals surface area contributed by atoms with E-state index >= 15 is 0 Å². The van der Waals surface area contributed by atoms with Crippen LogP contribution in [0, 0.1) is 0 Å². The van der Waals surface area contributed by atoms with Crippen molar-refractivity contribution in [3.05, 3.63) is 89.1 Å². The van der Waals surface area contributed by atoms with Crippen molar-refractivity contribution in [1.29, 1.82) is 0 Å². The summed E-state index contributed by atoms with van der Waals surface area (Å²) in [7, 11) is 0. The third-order valence-corrected chi connectivity index (χ3v) is 5.41. The molecule has 1 aliphatic carbocycles. The maximum absolute atomic E-state index is 11.0. The summed E-state index contributed by atoms with van der Waals surface area (Å²) in [6, 6.07) is 17.7. The first-order chi connectivity index (χ1) is 13.6. The third-order valence-electron chi connectivity index (χ3n) is 5.41. The lowest BCUT2D eigenvalue weighted by Crippen LogP contribution is -2.14. The minimum absolute atomic E-state index is 0. The molecule has 0 saturated heterocycles. The summed E-state index contributed by atoms with van der Waals surface area (Å²) in [4.78, 5) is 11.0. The molecule has 148 valence electrons. The summed E-state index contributed by atoms with van der Waals surface area (Å²) >= 11 is 0. The Morgan fingerprint density at radius 1 is 1.04 bits per heavy atom. The Morgan fingerprint density at radius 3 is 2.61 bits per heavy atom. The van der Waals surface area contributed by atoms with Crippen LogP contribution in [-0.2, 0) is 24.1 Å². The number of ketones is 1. The van der Waals surface area contributed by atoms with E-state index in [0.29, 0.717) is 6.42 Å². The van der Waals surface area contributed by atoms with E-state index in [2.05, 4.69) is 66.5 Å². The molecule has 2 heteroatoms.